The van der Waals surface area contributed by atoms with Gasteiger partial charge in [-0.15, -0.1) is 0 Å². The second-order valence-electron chi connectivity index (χ2n) is 13.2. The van der Waals surface area contributed by atoms with E-state index in [1.165, 1.54) is 24.3 Å². The molecule has 0 radical (unpaired) electrons. The quantitative estimate of drug-likeness (QED) is 0.197. The second kappa shape index (κ2) is 14.2. The van der Waals surface area contributed by atoms with Crippen LogP contribution in [0.4, 0.5) is 13.6 Å². The van der Waals surface area contributed by atoms with E-state index in [-0.39, 0.29) is 37.0 Å². The Morgan fingerprint density at radius 2 is 1.10 bits per heavy atom. The number of nitrogens with zero attached hydrogens (tertiary/aromatic N) is 4. The van der Waals surface area contributed by atoms with Crippen LogP contribution in [0, 0.1) is 62.0 Å². The smallest absolute Gasteiger partial charge is 0.321 e. The Kier molecular flexibility index (Phi) is 9.78. The number of amides is 2. The van der Waals surface area contributed by atoms with Crippen LogP contribution in [0.25, 0.3) is 0 Å². The Morgan fingerprint density at radius 3 is 1.51 bits per heavy atom. The van der Waals surface area contributed by atoms with Crippen molar-refractivity contribution in [2.75, 3.05) is 6.79 Å². The van der Waals surface area contributed by atoms with Gasteiger partial charge in [-0.1, -0.05) is 59.7 Å². The van der Waals surface area contributed by atoms with E-state index in [2.05, 4.69) is 36.4 Å². The molecule has 4 atom stereocenters. The highest BCUT2D eigenvalue weighted by molar-refractivity contribution is 5.76. The molecule has 2 fully saturated rings. The Bertz CT molecular complexity index is 1840. The summed E-state index contributed by atoms with van der Waals surface area (Å²) in [7, 11) is 0. The number of hydrogen-bond donors (Lipinski definition) is 0. The van der Waals surface area contributed by atoms with E-state index >= 15 is 4.79 Å². The first kappa shape index (κ1) is 33.8. The standard InChI is InChI=1S/C40H38F2N4O3/c1-24-5-7-26(3)30(13-24)17-36-38-39(49-23-48-38)37(18-31-14-25(2)6-8-27(31)4)46(22-29-10-12-35(42)33(16-29)20-44)40(47)45(36)21-28-9-11-34(41)32(15-28)19-43/h5-16,36-39H,17-18,21-23H2,1-4H3/t36-,37-,38+,39+/m1/s1. The van der Waals surface area contributed by atoms with Crippen LogP contribution in [0.2, 0.25) is 0 Å². The average Bonchev–Trinajstić information content (AvgIpc) is 3.55. The molecule has 2 aliphatic rings. The summed E-state index contributed by atoms with van der Waals surface area (Å²) in [6, 6.07) is 23.6. The maximum Gasteiger partial charge on any atom is 0.321 e. The van der Waals surface area contributed by atoms with Crippen molar-refractivity contribution in [3.63, 3.8) is 0 Å². The van der Waals surface area contributed by atoms with Gasteiger partial charge in [-0.25, -0.2) is 13.6 Å². The summed E-state index contributed by atoms with van der Waals surface area (Å²) in [6.45, 7) is 8.33. The fourth-order valence-corrected chi connectivity index (χ4v) is 7.07. The van der Waals surface area contributed by atoms with E-state index in [0.29, 0.717) is 24.0 Å². The zero-order valence-electron chi connectivity index (χ0n) is 28.0. The van der Waals surface area contributed by atoms with Gasteiger partial charge in [0.15, 0.2) is 0 Å². The molecule has 2 amide bonds. The highest BCUT2D eigenvalue weighted by atomic mass is 19.1. The van der Waals surface area contributed by atoms with Gasteiger partial charge in [0.25, 0.3) is 0 Å². The van der Waals surface area contributed by atoms with Gasteiger partial charge in [-0.05, 0) is 98.2 Å². The Labute approximate surface area is 285 Å². The lowest BCUT2D eigenvalue weighted by atomic mass is 9.88. The molecule has 49 heavy (non-hydrogen) atoms. The number of halogens is 2. The molecule has 0 spiro atoms. The molecule has 6 rings (SSSR count). The van der Waals surface area contributed by atoms with E-state index in [4.69, 9.17) is 9.47 Å². The molecule has 0 unspecified atom stereocenters. The summed E-state index contributed by atoms with van der Waals surface area (Å²) in [5.74, 6) is -1.26. The van der Waals surface area contributed by atoms with Crippen molar-refractivity contribution in [3.05, 3.63) is 140 Å². The van der Waals surface area contributed by atoms with Crippen LogP contribution < -0.4 is 0 Å². The molecule has 0 aliphatic carbocycles. The van der Waals surface area contributed by atoms with Gasteiger partial charge in [0.2, 0.25) is 0 Å². The zero-order chi connectivity index (χ0) is 34.8. The minimum absolute atomic E-state index is 0.0437. The SMILES string of the molecule is Cc1ccc(C)c(C[C@@H]2[C@@H]3OCO[C@H]3[C@@H](Cc3cc(C)ccc3C)N(Cc3ccc(F)c(C#N)c3)C(=O)N2Cc2ccc(F)c(C#N)c2)c1. The van der Waals surface area contributed by atoms with Crippen LogP contribution >= 0.6 is 0 Å². The molecule has 0 saturated carbocycles. The number of aryl methyl sites for hydroxylation is 4. The van der Waals surface area contributed by atoms with E-state index in [0.717, 1.165) is 33.4 Å². The van der Waals surface area contributed by atoms with Crippen molar-refractivity contribution in [1.82, 2.24) is 9.80 Å². The number of carbonyl (C=O) groups excluding carboxylic acids is 1. The Hall–Kier alpha value is -5.09. The summed E-state index contributed by atoms with van der Waals surface area (Å²) in [5, 5.41) is 19.2. The van der Waals surface area contributed by atoms with Crippen LogP contribution in [0.1, 0.15) is 55.6 Å². The summed E-state index contributed by atoms with van der Waals surface area (Å²) < 4.78 is 41.7. The maximum absolute atomic E-state index is 15.2. The summed E-state index contributed by atoms with van der Waals surface area (Å²) in [4.78, 5) is 18.7. The van der Waals surface area contributed by atoms with Crippen molar-refractivity contribution in [2.24, 2.45) is 0 Å². The predicted molar refractivity (Wildman–Crippen MR) is 180 cm³/mol. The third-order valence-corrected chi connectivity index (χ3v) is 9.77. The number of hydrogen-bond acceptors (Lipinski definition) is 5. The number of nitriles is 2. The average molecular weight is 661 g/mol. The number of urea groups is 1. The second-order valence-corrected chi connectivity index (χ2v) is 13.2. The van der Waals surface area contributed by atoms with Crippen molar-refractivity contribution in [3.8, 4) is 12.1 Å². The molecule has 4 aromatic carbocycles. The number of benzene rings is 4. The van der Waals surface area contributed by atoms with Gasteiger partial charge in [-0.2, -0.15) is 10.5 Å². The minimum atomic E-state index is -0.632. The van der Waals surface area contributed by atoms with Gasteiger partial charge >= 0.3 is 6.03 Å². The molecule has 250 valence electrons. The van der Waals surface area contributed by atoms with Gasteiger partial charge in [0.1, 0.15) is 42.8 Å². The number of ether oxygens (including phenoxy) is 2. The van der Waals surface area contributed by atoms with Gasteiger partial charge in [0, 0.05) is 13.1 Å². The van der Waals surface area contributed by atoms with Crippen LogP contribution in [0.3, 0.4) is 0 Å². The van der Waals surface area contributed by atoms with E-state index < -0.39 is 35.9 Å². The van der Waals surface area contributed by atoms with Gasteiger partial charge in [0.05, 0.1) is 23.2 Å². The fraction of sp³-hybridized carbons (Fsp3) is 0.325. The van der Waals surface area contributed by atoms with Crippen molar-refractivity contribution >= 4 is 6.03 Å². The van der Waals surface area contributed by atoms with E-state index in [9.17, 15) is 19.3 Å². The molecule has 0 bridgehead atoms. The first-order valence-corrected chi connectivity index (χ1v) is 16.4. The first-order valence-electron chi connectivity index (χ1n) is 16.4. The lowest BCUT2D eigenvalue weighted by molar-refractivity contribution is 0.00165. The van der Waals surface area contributed by atoms with Crippen molar-refractivity contribution in [2.45, 2.75) is 77.9 Å². The number of fused-ring (bicyclic) bond motifs is 1. The van der Waals surface area contributed by atoms with Crippen molar-refractivity contribution < 1.29 is 23.0 Å². The summed E-state index contributed by atoms with van der Waals surface area (Å²) in [6.07, 6.45) is -0.115. The Morgan fingerprint density at radius 1 is 0.673 bits per heavy atom. The molecule has 2 aliphatic heterocycles. The number of carbonyl (C=O) groups is 1. The van der Waals surface area contributed by atoms with E-state index in [1.54, 1.807) is 21.9 Å². The van der Waals surface area contributed by atoms with E-state index in [1.807, 2.05) is 39.8 Å². The largest absolute Gasteiger partial charge is 0.347 e. The lowest BCUT2D eigenvalue weighted by Crippen LogP contribution is -2.50. The summed E-state index contributed by atoms with van der Waals surface area (Å²) in [5.41, 5.74) is 7.41. The molecule has 0 aromatic heterocycles. The zero-order valence-corrected chi connectivity index (χ0v) is 28.0. The lowest BCUT2D eigenvalue weighted by Gasteiger charge is -2.36. The van der Waals surface area contributed by atoms with Gasteiger partial charge < -0.3 is 19.3 Å². The summed E-state index contributed by atoms with van der Waals surface area (Å²) >= 11 is 0. The third kappa shape index (κ3) is 7.05. The monoisotopic (exact) mass is 660 g/mol. The maximum atomic E-state index is 15.2. The van der Waals surface area contributed by atoms with Crippen LogP contribution in [-0.2, 0) is 35.4 Å². The van der Waals surface area contributed by atoms with Crippen LogP contribution in [0.15, 0.2) is 72.8 Å². The predicted octanol–water partition coefficient (Wildman–Crippen LogP) is 7.34. The highest BCUT2D eigenvalue weighted by Crippen LogP contribution is 2.36. The molecule has 2 saturated heterocycles. The van der Waals surface area contributed by atoms with Crippen LogP contribution in [-0.4, -0.2) is 46.9 Å². The first-order chi connectivity index (χ1) is 23.6. The topological polar surface area (TPSA) is 89.6 Å². The molecular formula is C40H38F2N4O3. The molecule has 4 aromatic rings. The Balaban J connectivity index is 1.51. The molecular weight excluding hydrogens is 622 g/mol. The molecule has 9 heteroatoms. The molecule has 7 nitrogen and oxygen atoms in total. The van der Waals surface area contributed by atoms with Crippen LogP contribution in [0.5, 0.6) is 0 Å². The van der Waals surface area contributed by atoms with Crippen molar-refractivity contribution in [1.29, 1.82) is 10.5 Å². The third-order valence-electron chi connectivity index (χ3n) is 9.77. The highest BCUT2D eigenvalue weighted by Gasteiger charge is 2.51. The molecule has 0 N–H and O–H groups in total. The fourth-order valence-electron chi connectivity index (χ4n) is 7.07. The normalized spacial score (nSPS) is 20.4. The van der Waals surface area contributed by atoms with Gasteiger partial charge in [-0.3, -0.25) is 0 Å². The number of rotatable bonds is 8. The molecule has 2 heterocycles. The minimum Gasteiger partial charge on any atom is -0.347 e.